The number of nitrogens with zero attached hydrogens (tertiary/aromatic N) is 1. The topological polar surface area (TPSA) is 70.7 Å². The molecule has 3 amide bonds. The highest BCUT2D eigenvalue weighted by atomic mass is 16.5. The second-order valence-corrected chi connectivity index (χ2v) is 7.03. The Bertz CT molecular complexity index is 581. The Kier molecular flexibility index (Phi) is 5.13. The van der Waals surface area contributed by atoms with Gasteiger partial charge in [0.25, 0.3) is 0 Å². The van der Waals surface area contributed by atoms with Gasteiger partial charge in [0.05, 0.1) is 18.8 Å². The molecular weight excluding hydrogens is 294 g/mol. The summed E-state index contributed by atoms with van der Waals surface area (Å²) in [6.07, 6.45) is 0.343. The maximum Gasteiger partial charge on any atom is 0.319 e. The number of anilines is 1. The number of carbonyl (C=O) groups is 2. The van der Waals surface area contributed by atoms with Crippen LogP contribution >= 0.6 is 0 Å². The zero-order valence-corrected chi connectivity index (χ0v) is 14.2. The molecule has 0 saturated carbocycles. The number of rotatable bonds is 4. The van der Waals surface area contributed by atoms with Crippen LogP contribution in [0.1, 0.15) is 27.2 Å². The fourth-order valence-corrected chi connectivity index (χ4v) is 2.69. The molecular formula is C17H25N3O3. The van der Waals surface area contributed by atoms with Gasteiger partial charge in [-0.15, -0.1) is 0 Å². The molecule has 1 saturated heterocycles. The summed E-state index contributed by atoms with van der Waals surface area (Å²) >= 11 is 0. The van der Waals surface area contributed by atoms with E-state index in [9.17, 15) is 9.59 Å². The van der Waals surface area contributed by atoms with Gasteiger partial charge in [0.1, 0.15) is 5.75 Å². The number of nitrogens with one attached hydrogen (secondary N) is 2. The second kappa shape index (κ2) is 6.89. The SMILES string of the molecule is COc1ccccc1NC(=O)N[C@H]1CC(=O)N(CC(C)(C)C)C1. The number of hydrogen-bond acceptors (Lipinski definition) is 3. The lowest BCUT2D eigenvalue weighted by atomic mass is 9.96. The van der Waals surface area contributed by atoms with Crippen molar-refractivity contribution in [1.29, 1.82) is 0 Å². The van der Waals surface area contributed by atoms with Gasteiger partial charge >= 0.3 is 6.03 Å². The van der Waals surface area contributed by atoms with E-state index in [1.54, 1.807) is 19.2 Å². The normalized spacial score (nSPS) is 18.0. The van der Waals surface area contributed by atoms with E-state index in [2.05, 4.69) is 31.4 Å². The standard InChI is InChI=1S/C17H25N3O3/c1-17(2,3)11-20-10-12(9-15(20)21)18-16(22)19-13-7-5-6-8-14(13)23-4/h5-8,12H,9-11H2,1-4H3,(H2,18,19,22)/t12-/m0/s1. The Balaban J connectivity index is 1.90. The van der Waals surface area contributed by atoms with Crippen LogP contribution < -0.4 is 15.4 Å². The van der Waals surface area contributed by atoms with E-state index in [-0.39, 0.29) is 23.4 Å². The number of hydrogen-bond donors (Lipinski definition) is 2. The number of likely N-dealkylation sites (tertiary alicyclic amines) is 1. The number of amides is 3. The van der Waals surface area contributed by atoms with Crippen LogP contribution in [0.2, 0.25) is 0 Å². The van der Waals surface area contributed by atoms with Gasteiger partial charge in [0.15, 0.2) is 0 Å². The van der Waals surface area contributed by atoms with Crippen molar-refractivity contribution in [2.24, 2.45) is 5.41 Å². The van der Waals surface area contributed by atoms with Crippen LogP contribution in [0, 0.1) is 5.41 Å². The third kappa shape index (κ3) is 4.87. The predicted octanol–water partition coefficient (Wildman–Crippen LogP) is 2.46. The van der Waals surface area contributed by atoms with Gasteiger partial charge in [-0.1, -0.05) is 32.9 Å². The molecule has 1 fully saturated rings. The third-order valence-electron chi connectivity index (χ3n) is 3.57. The molecule has 2 N–H and O–H groups in total. The monoisotopic (exact) mass is 319 g/mol. The van der Waals surface area contributed by atoms with Crippen molar-refractivity contribution < 1.29 is 14.3 Å². The van der Waals surface area contributed by atoms with Crippen LogP contribution in [0.15, 0.2) is 24.3 Å². The van der Waals surface area contributed by atoms with Gasteiger partial charge in [-0.3, -0.25) is 4.79 Å². The molecule has 1 aromatic rings. The van der Waals surface area contributed by atoms with E-state index >= 15 is 0 Å². The summed E-state index contributed by atoms with van der Waals surface area (Å²) in [5, 5.41) is 5.62. The summed E-state index contributed by atoms with van der Waals surface area (Å²) < 4.78 is 5.20. The van der Waals surface area contributed by atoms with Crippen molar-refractivity contribution in [3.8, 4) is 5.75 Å². The molecule has 1 heterocycles. The number of para-hydroxylation sites is 2. The highest BCUT2D eigenvalue weighted by Gasteiger charge is 2.32. The quantitative estimate of drug-likeness (QED) is 0.895. The first-order chi connectivity index (χ1) is 10.8. The van der Waals surface area contributed by atoms with Gasteiger partial charge in [0, 0.05) is 19.5 Å². The lowest BCUT2D eigenvalue weighted by Crippen LogP contribution is -2.41. The van der Waals surface area contributed by atoms with E-state index in [0.29, 0.717) is 30.9 Å². The Morgan fingerprint density at radius 3 is 2.70 bits per heavy atom. The molecule has 1 aliphatic heterocycles. The van der Waals surface area contributed by atoms with E-state index in [1.165, 1.54) is 0 Å². The van der Waals surface area contributed by atoms with Crippen molar-refractivity contribution in [3.63, 3.8) is 0 Å². The zero-order chi connectivity index (χ0) is 17.0. The highest BCUT2D eigenvalue weighted by molar-refractivity contribution is 5.92. The molecule has 1 atom stereocenters. The molecule has 1 aliphatic rings. The summed E-state index contributed by atoms with van der Waals surface area (Å²) in [5.41, 5.74) is 0.646. The first-order valence-electron chi connectivity index (χ1n) is 7.77. The Hall–Kier alpha value is -2.24. The molecule has 0 unspecified atom stereocenters. The third-order valence-corrected chi connectivity index (χ3v) is 3.57. The molecule has 0 aliphatic carbocycles. The lowest BCUT2D eigenvalue weighted by Gasteiger charge is -2.26. The number of carbonyl (C=O) groups excluding carboxylic acids is 2. The maximum atomic E-state index is 12.1. The van der Waals surface area contributed by atoms with Crippen LogP contribution in [0.25, 0.3) is 0 Å². The molecule has 1 aromatic carbocycles. The van der Waals surface area contributed by atoms with Crippen molar-refractivity contribution in [1.82, 2.24) is 10.2 Å². The fraction of sp³-hybridized carbons (Fsp3) is 0.529. The summed E-state index contributed by atoms with van der Waals surface area (Å²) in [7, 11) is 1.55. The zero-order valence-electron chi connectivity index (χ0n) is 14.2. The van der Waals surface area contributed by atoms with Crippen LogP contribution in [0.5, 0.6) is 5.75 Å². The fourth-order valence-electron chi connectivity index (χ4n) is 2.69. The van der Waals surface area contributed by atoms with Crippen LogP contribution in [0.3, 0.4) is 0 Å². The molecule has 0 bridgehead atoms. The van der Waals surface area contributed by atoms with E-state index in [1.807, 2.05) is 17.0 Å². The minimum atomic E-state index is -0.329. The van der Waals surface area contributed by atoms with Crippen molar-refractivity contribution in [2.75, 3.05) is 25.5 Å². The van der Waals surface area contributed by atoms with Crippen LogP contribution in [-0.2, 0) is 4.79 Å². The number of benzene rings is 1. The maximum absolute atomic E-state index is 12.1. The molecule has 0 aromatic heterocycles. The summed E-state index contributed by atoms with van der Waals surface area (Å²) in [5.74, 6) is 0.682. The first kappa shape index (κ1) is 17.1. The number of ether oxygens (including phenoxy) is 1. The second-order valence-electron chi connectivity index (χ2n) is 7.03. The Morgan fingerprint density at radius 1 is 1.35 bits per heavy atom. The van der Waals surface area contributed by atoms with E-state index in [4.69, 9.17) is 4.74 Å². The van der Waals surface area contributed by atoms with E-state index < -0.39 is 0 Å². The molecule has 126 valence electrons. The van der Waals surface area contributed by atoms with Gasteiger partial charge in [-0.05, 0) is 17.5 Å². The summed E-state index contributed by atoms with van der Waals surface area (Å²) in [6, 6.07) is 6.71. The van der Waals surface area contributed by atoms with Crippen molar-refractivity contribution >= 4 is 17.6 Å². The lowest BCUT2D eigenvalue weighted by molar-refractivity contribution is -0.128. The summed E-state index contributed by atoms with van der Waals surface area (Å²) in [6.45, 7) is 7.52. The van der Waals surface area contributed by atoms with Crippen molar-refractivity contribution in [3.05, 3.63) is 24.3 Å². The van der Waals surface area contributed by atoms with Crippen LogP contribution in [0.4, 0.5) is 10.5 Å². The average molecular weight is 319 g/mol. The Morgan fingerprint density at radius 2 is 2.04 bits per heavy atom. The van der Waals surface area contributed by atoms with Gasteiger partial charge < -0.3 is 20.3 Å². The first-order valence-corrected chi connectivity index (χ1v) is 7.77. The summed E-state index contributed by atoms with van der Waals surface area (Å²) in [4.78, 5) is 26.0. The largest absolute Gasteiger partial charge is 0.495 e. The van der Waals surface area contributed by atoms with Crippen LogP contribution in [-0.4, -0.2) is 43.1 Å². The highest BCUT2D eigenvalue weighted by Crippen LogP contribution is 2.23. The molecule has 6 nitrogen and oxygen atoms in total. The molecule has 2 rings (SSSR count). The Labute approximate surface area is 137 Å². The van der Waals surface area contributed by atoms with Gasteiger partial charge in [-0.25, -0.2) is 4.79 Å². The average Bonchev–Trinajstić information content (AvgIpc) is 2.77. The molecule has 0 spiro atoms. The van der Waals surface area contributed by atoms with Gasteiger partial charge in [0.2, 0.25) is 5.91 Å². The van der Waals surface area contributed by atoms with Gasteiger partial charge in [-0.2, -0.15) is 0 Å². The predicted molar refractivity (Wildman–Crippen MR) is 89.6 cm³/mol. The molecule has 0 radical (unpaired) electrons. The van der Waals surface area contributed by atoms with Crippen molar-refractivity contribution in [2.45, 2.75) is 33.2 Å². The smallest absolute Gasteiger partial charge is 0.319 e. The minimum absolute atomic E-state index is 0.0458. The number of methoxy groups -OCH3 is 1. The van der Waals surface area contributed by atoms with E-state index in [0.717, 1.165) is 0 Å². The minimum Gasteiger partial charge on any atom is -0.495 e. The molecule has 6 heteroatoms. The molecule has 23 heavy (non-hydrogen) atoms. The number of urea groups is 1.